The van der Waals surface area contributed by atoms with Gasteiger partial charge >= 0.3 is 11.8 Å². The molecule has 2 atom stereocenters. The first-order valence-electron chi connectivity index (χ1n) is 7.19. The standard InChI is InChI=1S/C15H18F2N2O3/c16-10-5-6-12(11(17)7-10)19-15(22)14(21)18-8-9-3-1-2-4-13(9)20/h5-7,9,13,20H,1-4,8H2,(H,18,21)(H,19,22)/t9-,13-/m0/s1. The number of nitrogens with one attached hydrogen (secondary N) is 2. The number of halogens is 2. The van der Waals surface area contributed by atoms with Crippen molar-refractivity contribution in [1.82, 2.24) is 5.32 Å². The lowest BCUT2D eigenvalue weighted by molar-refractivity contribution is -0.136. The van der Waals surface area contributed by atoms with Gasteiger partial charge in [-0.15, -0.1) is 0 Å². The van der Waals surface area contributed by atoms with Crippen molar-refractivity contribution in [1.29, 1.82) is 0 Å². The van der Waals surface area contributed by atoms with Crippen molar-refractivity contribution in [3.63, 3.8) is 0 Å². The van der Waals surface area contributed by atoms with Crippen LogP contribution in [0.5, 0.6) is 0 Å². The largest absolute Gasteiger partial charge is 0.393 e. The number of hydrogen-bond donors (Lipinski definition) is 3. The van der Waals surface area contributed by atoms with E-state index < -0.39 is 29.6 Å². The fourth-order valence-corrected chi connectivity index (χ4v) is 2.50. The molecule has 22 heavy (non-hydrogen) atoms. The van der Waals surface area contributed by atoms with E-state index in [2.05, 4.69) is 10.6 Å². The highest BCUT2D eigenvalue weighted by Crippen LogP contribution is 2.23. The minimum Gasteiger partial charge on any atom is -0.393 e. The summed E-state index contributed by atoms with van der Waals surface area (Å²) in [5.74, 6) is -3.75. The van der Waals surface area contributed by atoms with Crippen LogP contribution < -0.4 is 10.6 Å². The van der Waals surface area contributed by atoms with Gasteiger partial charge in [0.25, 0.3) is 0 Å². The van der Waals surface area contributed by atoms with Crippen LogP contribution in [0.4, 0.5) is 14.5 Å². The summed E-state index contributed by atoms with van der Waals surface area (Å²) < 4.78 is 26.1. The first-order valence-corrected chi connectivity index (χ1v) is 7.19. The normalized spacial score (nSPS) is 21.2. The average molecular weight is 312 g/mol. The molecule has 0 heterocycles. The molecule has 1 aliphatic rings. The van der Waals surface area contributed by atoms with Gasteiger partial charge in [0.15, 0.2) is 0 Å². The summed E-state index contributed by atoms with van der Waals surface area (Å²) in [6.07, 6.45) is 2.93. The van der Waals surface area contributed by atoms with E-state index in [1.807, 2.05) is 0 Å². The molecule has 1 saturated carbocycles. The number of benzene rings is 1. The molecule has 0 aromatic heterocycles. The van der Waals surface area contributed by atoms with Crippen LogP contribution in [-0.4, -0.2) is 29.6 Å². The molecule has 1 aromatic carbocycles. The number of aliphatic hydroxyl groups is 1. The van der Waals surface area contributed by atoms with Crippen LogP contribution in [0.15, 0.2) is 18.2 Å². The first kappa shape index (κ1) is 16.4. The predicted molar refractivity (Wildman–Crippen MR) is 76.0 cm³/mol. The van der Waals surface area contributed by atoms with Crippen molar-refractivity contribution in [3.8, 4) is 0 Å². The Bertz CT molecular complexity index is 566. The minimum atomic E-state index is -1.03. The maximum Gasteiger partial charge on any atom is 0.313 e. The van der Waals surface area contributed by atoms with Crippen LogP contribution in [-0.2, 0) is 9.59 Å². The Morgan fingerprint density at radius 2 is 1.91 bits per heavy atom. The van der Waals surface area contributed by atoms with Gasteiger partial charge in [0, 0.05) is 18.5 Å². The van der Waals surface area contributed by atoms with Gasteiger partial charge in [0.2, 0.25) is 0 Å². The van der Waals surface area contributed by atoms with Crippen molar-refractivity contribution in [3.05, 3.63) is 29.8 Å². The Kier molecular flexibility index (Phi) is 5.43. The fourth-order valence-electron chi connectivity index (χ4n) is 2.50. The monoisotopic (exact) mass is 312 g/mol. The second kappa shape index (κ2) is 7.31. The van der Waals surface area contributed by atoms with Crippen molar-refractivity contribution < 1.29 is 23.5 Å². The van der Waals surface area contributed by atoms with E-state index in [9.17, 15) is 23.5 Å². The quantitative estimate of drug-likeness (QED) is 0.741. The van der Waals surface area contributed by atoms with Gasteiger partial charge in [0.1, 0.15) is 11.6 Å². The zero-order valence-electron chi connectivity index (χ0n) is 11.9. The lowest BCUT2D eigenvalue weighted by Gasteiger charge is -2.27. The molecule has 1 fully saturated rings. The molecule has 0 bridgehead atoms. The Labute approximate surface area is 126 Å². The maximum absolute atomic E-state index is 13.4. The molecule has 1 aromatic rings. The van der Waals surface area contributed by atoms with E-state index in [4.69, 9.17) is 0 Å². The van der Waals surface area contributed by atoms with E-state index in [1.165, 1.54) is 0 Å². The molecular weight excluding hydrogens is 294 g/mol. The summed E-state index contributed by atoms with van der Waals surface area (Å²) in [6, 6.07) is 2.64. The third-order valence-corrected chi connectivity index (χ3v) is 3.78. The van der Waals surface area contributed by atoms with Crippen LogP contribution in [0.1, 0.15) is 25.7 Å². The third-order valence-electron chi connectivity index (χ3n) is 3.78. The lowest BCUT2D eigenvalue weighted by atomic mass is 9.86. The molecule has 0 unspecified atom stereocenters. The SMILES string of the molecule is O=C(NC[C@@H]1CCCC[C@@H]1O)C(=O)Nc1ccc(F)cc1F. The number of carbonyl (C=O) groups is 2. The van der Waals surface area contributed by atoms with Crippen LogP contribution in [0.3, 0.4) is 0 Å². The molecular formula is C15H18F2N2O3. The van der Waals surface area contributed by atoms with Crippen molar-refractivity contribution >= 4 is 17.5 Å². The maximum atomic E-state index is 13.4. The molecule has 7 heteroatoms. The van der Waals surface area contributed by atoms with Crippen LogP contribution in [0, 0.1) is 17.6 Å². The molecule has 120 valence electrons. The summed E-state index contributed by atoms with van der Waals surface area (Å²) in [6.45, 7) is 0.194. The predicted octanol–water partition coefficient (Wildman–Crippen LogP) is 1.57. The topological polar surface area (TPSA) is 78.4 Å². The highest BCUT2D eigenvalue weighted by atomic mass is 19.1. The molecule has 0 saturated heterocycles. The number of carbonyl (C=O) groups excluding carboxylic acids is 2. The van der Waals surface area contributed by atoms with E-state index in [0.29, 0.717) is 12.5 Å². The highest BCUT2D eigenvalue weighted by molar-refractivity contribution is 6.39. The van der Waals surface area contributed by atoms with E-state index in [1.54, 1.807) is 0 Å². The zero-order chi connectivity index (χ0) is 16.1. The summed E-state index contributed by atoms with van der Waals surface area (Å²) in [4.78, 5) is 23.3. The van der Waals surface area contributed by atoms with Crippen LogP contribution in [0.25, 0.3) is 0 Å². The number of amides is 2. The second-order valence-electron chi connectivity index (χ2n) is 5.40. The Balaban J connectivity index is 1.85. The lowest BCUT2D eigenvalue weighted by Crippen LogP contribution is -2.41. The molecule has 3 N–H and O–H groups in total. The molecule has 2 amide bonds. The summed E-state index contributed by atoms with van der Waals surface area (Å²) in [5, 5.41) is 14.3. The van der Waals surface area contributed by atoms with Gasteiger partial charge < -0.3 is 15.7 Å². The summed E-state index contributed by atoms with van der Waals surface area (Å²) >= 11 is 0. The van der Waals surface area contributed by atoms with E-state index >= 15 is 0 Å². The number of anilines is 1. The summed E-state index contributed by atoms with van der Waals surface area (Å²) in [5.41, 5.74) is -0.265. The zero-order valence-corrected chi connectivity index (χ0v) is 11.9. The van der Waals surface area contributed by atoms with Gasteiger partial charge in [-0.3, -0.25) is 9.59 Å². The number of aliphatic hydroxyl groups excluding tert-OH is 1. The van der Waals surface area contributed by atoms with Crippen molar-refractivity contribution in [2.75, 3.05) is 11.9 Å². The Morgan fingerprint density at radius 1 is 1.18 bits per heavy atom. The second-order valence-corrected chi connectivity index (χ2v) is 5.40. The first-order chi connectivity index (χ1) is 10.5. The van der Waals surface area contributed by atoms with Crippen molar-refractivity contribution in [2.24, 2.45) is 5.92 Å². The van der Waals surface area contributed by atoms with Gasteiger partial charge in [-0.2, -0.15) is 0 Å². The highest BCUT2D eigenvalue weighted by Gasteiger charge is 2.24. The van der Waals surface area contributed by atoms with Crippen LogP contribution >= 0.6 is 0 Å². The number of hydrogen-bond acceptors (Lipinski definition) is 3. The number of rotatable bonds is 3. The molecule has 0 radical (unpaired) electrons. The van der Waals surface area contributed by atoms with Crippen LogP contribution in [0.2, 0.25) is 0 Å². The molecule has 1 aliphatic carbocycles. The van der Waals surface area contributed by atoms with Gasteiger partial charge in [-0.25, -0.2) is 8.78 Å². The third kappa shape index (κ3) is 4.24. The molecule has 5 nitrogen and oxygen atoms in total. The average Bonchev–Trinajstić information content (AvgIpc) is 2.49. The molecule has 0 spiro atoms. The van der Waals surface area contributed by atoms with E-state index in [-0.39, 0.29) is 18.2 Å². The Hall–Kier alpha value is -2.02. The fraction of sp³-hybridized carbons (Fsp3) is 0.467. The van der Waals surface area contributed by atoms with Gasteiger partial charge in [-0.05, 0) is 25.0 Å². The van der Waals surface area contributed by atoms with Crippen molar-refractivity contribution in [2.45, 2.75) is 31.8 Å². The minimum absolute atomic E-state index is 0.0759. The Morgan fingerprint density at radius 3 is 2.59 bits per heavy atom. The molecule has 2 rings (SSSR count). The van der Waals surface area contributed by atoms with Gasteiger partial charge in [0.05, 0.1) is 11.8 Å². The summed E-state index contributed by atoms with van der Waals surface area (Å²) in [7, 11) is 0. The van der Waals surface area contributed by atoms with Gasteiger partial charge in [-0.1, -0.05) is 12.8 Å². The smallest absolute Gasteiger partial charge is 0.313 e. The molecule has 0 aliphatic heterocycles. The van der Waals surface area contributed by atoms with E-state index in [0.717, 1.165) is 31.4 Å².